The summed E-state index contributed by atoms with van der Waals surface area (Å²) in [6.07, 6.45) is 0. The van der Waals surface area contributed by atoms with Crippen LogP contribution in [-0.4, -0.2) is 44.6 Å². The number of aromatic nitrogens is 2. The van der Waals surface area contributed by atoms with Gasteiger partial charge in [-0.3, -0.25) is 9.52 Å². The zero-order chi connectivity index (χ0) is 24.4. The Labute approximate surface area is 201 Å². The van der Waals surface area contributed by atoms with Crippen LogP contribution < -0.4 is 24.8 Å². The summed E-state index contributed by atoms with van der Waals surface area (Å²) in [6, 6.07) is 18.0. The van der Waals surface area contributed by atoms with Crippen LogP contribution in [0.15, 0.2) is 71.6 Å². The van der Waals surface area contributed by atoms with Gasteiger partial charge in [-0.15, -0.1) is 0 Å². The van der Waals surface area contributed by atoms with Crippen molar-refractivity contribution in [3.63, 3.8) is 0 Å². The fourth-order valence-corrected chi connectivity index (χ4v) is 4.55. The van der Waals surface area contributed by atoms with Crippen molar-refractivity contribution in [2.45, 2.75) is 4.90 Å². The third kappa shape index (κ3) is 4.66. The smallest absolute Gasteiger partial charge is 0.263 e. The van der Waals surface area contributed by atoms with Gasteiger partial charge in [-0.2, -0.15) is 0 Å². The predicted octanol–water partition coefficient (Wildman–Crippen LogP) is 3.31. The summed E-state index contributed by atoms with van der Waals surface area (Å²) in [6.45, 7) is 0.828. The second-order valence-corrected chi connectivity index (χ2v) is 9.29. The van der Waals surface area contributed by atoms with Crippen LogP contribution in [0.3, 0.4) is 0 Å². The molecule has 3 aromatic carbocycles. The van der Waals surface area contributed by atoms with E-state index in [0.29, 0.717) is 47.0 Å². The first kappa shape index (κ1) is 22.4. The molecule has 3 N–H and O–H groups in total. The van der Waals surface area contributed by atoms with Crippen molar-refractivity contribution in [1.29, 1.82) is 0 Å². The van der Waals surface area contributed by atoms with E-state index < -0.39 is 10.0 Å². The maximum Gasteiger partial charge on any atom is 0.263 e. The van der Waals surface area contributed by atoms with Crippen molar-refractivity contribution in [1.82, 2.24) is 15.3 Å². The van der Waals surface area contributed by atoms with E-state index in [1.54, 1.807) is 61.6 Å². The first-order valence-electron chi connectivity index (χ1n) is 10.7. The van der Waals surface area contributed by atoms with Crippen LogP contribution in [0.25, 0.3) is 11.0 Å². The predicted molar refractivity (Wildman–Crippen MR) is 131 cm³/mol. The van der Waals surface area contributed by atoms with Crippen LogP contribution in [0.5, 0.6) is 11.5 Å². The summed E-state index contributed by atoms with van der Waals surface area (Å²) in [5.41, 5.74) is 1.99. The quantitative estimate of drug-likeness (QED) is 0.374. The van der Waals surface area contributed by atoms with Gasteiger partial charge in [-0.25, -0.2) is 18.4 Å². The zero-order valence-corrected chi connectivity index (χ0v) is 19.4. The van der Waals surface area contributed by atoms with E-state index >= 15 is 0 Å². The van der Waals surface area contributed by atoms with Crippen molar-refractivity contribution in [3.8, 4) is 11.5 Å². The van der Waals surface area contributed by atoms with Gasteiger partial charge >= 0.3 is 0 Å². The normalized spacial score (nSPS) is 12.7. The molecule has 1 aliphatic heterocycles. The maximum atomic E-state index is 13.0. The monoisotopic (exact) mass is 491 g/mol. The molecule has 0 radical (unpaired) electrons. The van der Waals surface area contributed by atoms with Crippen LogP contribution in [-0.2, 0) is 10.0 Å². The molecular weight excluding hydrogens is 470 g/mol. The first-order valence-corrected chi connectivity index (χ1v) is 12.2. The third-order valence-corrected chi connectivity index (χ3v) is 6.60. The van der Waals surface area contributed by atoms with Crippen molar-refractivity contribution < 1.29 is 22.7 Å². The Kier molecular flexibility index (Phi) is 5.83. The third-order valence-electron chi connectivity index (χ3n) is 5.25. The van der Waals surface area contributed by atoms with Gasteiger partial charge in [-0.05, 0) is 36.4 Å². The lowest BCUT2D eigenvalue weighted by Gasteiger charge is -2.19. The van der Waals surface area contributed by atoms with Crippen LogP contribution in [0, 0.1) is 0 Å². The Bertz CT molecular complexity index is 1510. The minimum Gasteiger partial charge on any atom is -0.486 e. The van der Waals surface area contributed by atoms with Gasteiger partial charge in [0.1, 0.15) is 13.2 Å². The Morgan fingerprint density at radius 2 is 1.46 bits per heavy atom. The average molecular weight is 492 g/mol. The highest BCUT2D eigenvalue weighted by Crippen LogP contribution is 2.35. The number of ether oxygens (including phenoxy) is 2. The van der Waals surface area contributed by atoms with Crippen molar-refractivity contribution >= 4 is 44.3 Å². The fourth-order valence-electron chi connectivity index (χ4n) is 3.52. The molecule has 0 saturated carbocycles. The van der Waals surface area contributed by atoms with E-state index in [2.05, 4.69) is 25.3 Å². The molecule has 35 heavy (non-hydrogen) atoms. The molecule has 0 fully saturated rings. The molecule has 0 unspecified atom stereocenters. The molecule has 0 spiro atoms. The first-order chi connectivity index (χ1) is 16.9. The molecule has 1 amide bonds. The topological polar surface area (TPSA) is 132 Å². The van der Waals surface area contributed by atoms with Crippen LogP contribution >= 0.6 is 0 Å². The van der Waals surface area contributed by atoms with Crippen molar-refractivity contribution in [2.24, 2.45) is 0 Å². The van der Waals surface area contributed by atoms with Crippen molar-refractivity contribution in [2.75, 3.05) is 30.3 Å². The van der Waals surface area contributed by atoms with Gasteiger partial charge in [0, 0.05) is 30.4 Å². The standard InChI is InChI=1S/C24H21N5O5S/c1-25-24(30)15-7-9-16(10-8-15)26-22-23(29-35(31,32)17-5-3-2-4-6-17)28-19-14-21-20(13-18(19)27-22)33-11-12-34-21/h2-10,13-14H,11-12H2,1H3,(H,25,30)(H,26,27)(H,28,29). The number of carbonyl (C=O) groups excluding carboxylic acids is 1. The van der Waals surface area contributed by atoms with Gasteiger partial charge in [-0.1, -0.05) is 18.2 Å². The Balaban J connectivity index is 1.57. The second kappa shape index (κ2) is 9.11. The summed E-state index contributed by atoms with van der Waals surface area (Å²) in [7, 11) is -2.38. The number of benzene rings is 3. The Morgan fingerprint density at radius 1 is 0.857 bits per heavy atom. The van der Waals surface area contributed by atoms with Gasteiger partial charge in [0.25, 0.3) is 15.9 Å². The molecule has 178 valence electrons. The molecule has 1 aliphatic rings. The SMILES string of the molecule is CNC(=O)c1ccc(Nc2nc3cc4c(cc3nc2NS(=O)(=O)c2ccccc2)OCCO4)cc1. The molecule has 0 atom stereocenters. The summed E-state index contributed by atoms with van der Waals surface area (Å²) in [4.78, 5) is 21.1. The summed E-state index contributed by atoms with van der Waals surface area (Å²) < 4.78 is 39.9. The van der Waals surface area contributed by atoms with E-state index in [-0.39, 0.29) is 22.4 Å². The Hall–Kier alpha value is -4.38. The van der Waals surface area contributed by atoms with Gasteiger partial charge in [0.05, 0.1) is 15.9 Å². The largest absolute Gasteiger partial charge is 0.486 e. The molecular formula is C24H21N5O5S. The van der Waals surface area contributed by atoms with Gasteiger partial charge in [0.15, 0.2) is 23.1 Å². The molecule has 4 aromatic rings. The van der Waals surface area contributed by atoms with E-state index in [0.717, 1.165) is 0 Å². The van der Waals surface area contributed by atoms with E-state index in [1.807, 2.05) is 0 Å². The van der Waals surface area contributed by atoms with Gasteiger partial charge < -0.3 is 20.1 Å². The van der Waals surface area contributed by atoms with Crippen LogP contribution in [0.1, 0.15) is 10.4 Å². The second-order valence-electron chi connectivity index (χ2n) is 7.61. The molecule has 1 aromatic heterocycles. The van der Waals surface area contributed by atoms with E-state index in [1.165, 1.54) is 12.1 Å². The molecule has 10 nitrogen and oxygen atoms in total. The van der Waals surface area contributed by atoms with E-state index in [9.17, 15) is 13.2 Å². The van der Waals surface area contributed by atoms with Gasteiger partial charge in [0.2, 0.25) is 0 Å². The number of amides is 1. The highest BCUT2D eigenvalue weighted by Gasteiger charge is 2.21. The maximum absolute atomic E-state index is 13.0. The molecule has 0 bridgehead atoms. The lowest BCUT2D eigenvalue weighted by atomic mass is 10.2. The highest BCUT2D eigenvalue weighted by molar-refractivity contribution is 7.92. The fraction of sp³-hybridized carbons (Fsp3) is 0.125. The number of hydrogen-bond donors (Lipinski definition) is 3. The molecule has 11 heteroatoms. The number of nitrogens with one attached hydrogen (secondary N) is 3. The van der Waals surface area contributed by atoms with Crippen molar-refractivity contribution in [3.05, 3.63) is 72.3 Å². The summed E-state index contributed by atoms with van der Waals surface area (Å²) in [5.74, 6) is 1.03. The van der Waals surface area contributed by atoms with E-state index in [4.69, 9.17) is 9.47 Å². The molecule has 0 aliphatic carbocycles. The summed E-state index contributed by atoms with van der Waals surface area (Å²) in [5, 5.41) is 5.66. The zero-order valence-electron chi connectivity index (χ0n) is 18.6. The lowest BCUT2D eigenvalue weighted by molar-refractivity contribution is 0.0963. The minimum absolute atomic E-state index is 0.00779. The number of nitrogens with zero attached hydrogens (tertiary/aromatic N) is 2. The Morgan fingerprint density at radius 3 is 2.06 bits per heavy atom. The number of rotatable bonds is 6. The number of fused-ring (bicyclic) bond motifs is 2. The van der Waals surface area contributed by atoms with Crippen LogP contribution in [0.4, 0.5) is 17.3 Å². The number of hydrogen-bond acceptors (Lipinski definition) is 8. The molecule has 0 saturated heterocycles. The number of sulfonamides is 1. The minimum atomic E-state index is -3.94. The number of carbonyl (C=O) groups is 1. The van der Waals surface area contributed by atoms with Crippen LogP contribution in [0.2, 0.25) is 0 Å². The molecule has 2 heterocycles. The average Bonchev–Trinajstić information content (AvgIpc) is 2.88. The highest BCUT2D eigenvalue weighted by atomic mass is 32.2. The summed E-state index contributed by atoms with van der Waals surface area (Å²) >= 11 is 0. The number of anilines is 3. The molecule has 5 rings (SSSR count). The lowest BCUT2D eigenvalue weighted by Crippen LogP contribution is -2.17.